The zero-order chi connectivity index (χ0) is 21.8. The number of para-hydroxylation sites is 1. The lowest BCUT2D eigenvalue weighted by atomic mass is 9.97. The third kappa shape index (κ3) is 4.52. The predicted octanol–water partition coefficient (Wildman–Crippen LogP) is 5.63. The van der Waals surface area contributed by atoms with Crippen molar-refractivity contribution in [3.63, 3.8) is 0 Å². The molecule has 0 amide bonds. The van der Waals surface area contributed by atoms with E-state index in [-0.39, 0.29) is 5.78 Å². The molecule has 1 saturated heterocycles. The third-order valence-electron chi connectivity index (χ3n) is 5.85. The Morgan fingerprint density at radius 1 is 1.03 bits per heavy atom. The van der Waals surface area contributed by atoms with Gasteiger partial charge in [0.1, 0.15) is 11.5 Å². The van der Waals surface area contributed by atoms with Crippen molar-refractivity contribution in [3.05, 3.63) is 89.0 Å². The molecule has 0 bridgehead atoms. The molecule has 1 aliphatic rings. The number of rotatable bonds is 7. The average molecular weight is 444 g/mol. The molecule has 0 aliphatic carbocycles. The van der Waals surface area contributed by atoms with Gasteiger partial charge >= 0.3 is 0 Å². The summed E-state index contributed by atoms with van der Waals surface area (Å²) in [4.78, 5) is 17.5. The van der Waals surface area contributed by atoms with Crippen LogP contribution < -0.4 is 10.1 Å². The molecule has 4 aromatic rings. The van der Waals surface area contributed by atoms with Gasteiger partial charge < -0.3 is 14.6 Å². The Labute approximate surface area is 191 Å². The number of benzene rings is 2. The molecule has 0 atom stereocenters. The number of ketones is 1. The van der Waals surface area contributed by atoms with Crippen LogP contribution in [0.4, 0.5) is 0 Å². The molecule has 5 nitrogen and oxygen atoms in total. The first kappa shape index (κ1) is 20.7. The summed E-state index contributed by atoms with van der Waals surface area (Å²) < 4.78 is 8.23. The van der Waals surface area contributed by atoms with Crippen LogP contribution in [0, 0.1) is 5.92 Å². The highest BCUT2D eigenvalue weighted by Crippen LogP contribution is 2.31. The van der Waals surface area contributed by atoms with Crippen LogP contribution in [-0.2, 0) is 6.54 Å². The topological polar surface area (TPSA) is 56.1 Å². The first-order valence-corrected chi connectivity index (χ1v) is 11.8. The third-order valence-corrected chi connectivity index (χ3v) is 6.62. The van der Waals surface area contributed by atoms with Crippen LogP contribution in [-0.4, -0.2) is 28.4 Å². The molecule has 5 rings (SSSR count). The number of piperidine rings is 1. The van der Waals surface area contributed by atoms with E-state index in [0.717, 1.165) is 55.2 Å². The minimum absolute atomic E-state index is 0.0168. The van der Waals surface area contributed by atoms with Crippen molar-refractivity contribution in [1.29, 1.82) is 0 Å². The van der Waals surface area contributed by atoms with E-state index in [4.69, 9.17) is 4.74 Å². The number of thiazole rings is 1. The number of nitrogens with one attached hydrogen (secondary N) is 1. The second-order valence-electron chi connectivity index (χ2n) is 8.02. The summed E-state index contributed by atoms with van der Waals surface area (Å²) in [5.74, 6) is 2.09. The lowest BCUT2D eigenvalue weighted by Crippen LogP contribution is -2.30. The van der Waals surface area contributed by atoms with Gasteiger partial charge in [0, 0.05) is 29.4 Å². The average Bonchev–Trinajstić information content (AvgIpc) is 3.51. The molecule has 2 aromatic carbocycles. The summed E-state index contributed by atoms with van der Waals surface area (Å²) in [6.45, 7) is 2.87. The molecule has 1 N–H and O–H groups in total. The Bertz CT molecular complexity index is 1180. The highest BCUT2D eigenvalue weighted by molar-refractivity contribution is 7.11. The van der Waals surface area contributed by atoms with Crippen molar-refractivity contribution in [3.8, 4) is 22.8 Å². The number of aromatic nitrogens is 2. The fourth-order valence-electron chi connectivity index (χ4n) is 4.23. The van der Waals surface area contributed by atoms with Crippen molar-refractivity contribution < 1.29 is 9.53 Å². The first-order valence-electron chi connectivity index (χ1n) is 11.0. The van der Waals surface area contributed by atoms with Gasteiger partial charge in [-0.1, -0.05) is 30.3 Å². The van der Waals surface area contributed by atoms with E-state index in [1.807, 2.05) is 66.0 Å². The molecule has 1 aliphatic heterocycles. The summed E-state index contributed by atoms with van der Waals surface area (Å²) in [5, 5.41) is 5.81. The molecule has 6 heteroatoms. The fraction of sp³-hybridized carbons (Fsp3) is 0.231. The Morgan fingerprint density at radius 3 is 2.62 bits per heavy atom. The maximum absolute atomic E-state index is 13.2. The van der Waals surface area contributed by atoms with Gasteiger partial charge in [-0.05, 0) is 68.2 Å². The largest absolute Gasteiger partial charge is 0.457 e. The van der Waals surface area contributed by atoms with Gasteiger partial charge in [-0.2, -0.15) is 0 Å². The lowest BCUT2D eigenvalue weighted by Gasteiger charge is -2.25. The molecular weight excluding hydrogens is 418 g/mol. The van der Waals surface area contributed by atoms with Crippen molar-refractivity contribution in [2.75, 3.05) is 13.1 Å². The van der Waals surface area contributed by atoms with E-state index in [2.05, 4.69) is 20.9 Å². The van der Waals surface area contributed by atoms with Gasteiger partial charge in [0.15, 0.2) is 5.01 Å². The highest BCUT2D eigenvalue weighted by Gasteiger charge is 2.23. The van der Waals surface area contributed by atoms with Crippen LogP contribution in [0.3, 0.4) is 0 Å². The number of nitrogens with zero attached hydrogens (tertiary/aromatic N) is 2. The van der Waals surface area contributed by atoms with E-state index in [1.54, 1.807) is 6.20 Å². The van der Waals surface area contributed by atoms with Crippen molar-refractivity contribution in [2.24, 2.45) is 5.92 Å². The van der Waals surface area contributed by atoms with E-state index in [0.29, 0.717) is 16.6 Å². The van der Waals surface area contributed by atoms with Gasteiger partial charge in [-0.3, -0.25) is 4.79 Å². The van der Waals surface area contributed by atoms with E-state index in [9.17, 15) is 4.79 Å². The zero-order valence-corrected chi connectivity index (χ0v) is 18.6. The maximum Gasteiger partial charge on any atom is 0.237 e. The summed E-state index contributed by atoms with van der Waals surface area (Å²) in [6.07, 6.45) is 3.91. The molecular formula is C26H25N3O2S. The Kier molecular flexibility index (Phi) is 6.14. The van der Waals surface area contributed by atoms with Crippen molar-refractivity contribution in [1.82, 2.24) is 14.9 Å². The van der Waals surface area contributed by atoms with Crippen molar-refractivity contribution in [2.45, 2.75) is 19.4 Å². The van der Waals surface area contributed by atoms with E-state index in [1.165, 1.54) is 11.3 Å². The molecule has 0 unspecified atom stereocenters. The Hall–Kier alpha value is -3.22. The summed E-state index contributed by atoms with van der Waals surface area (Å²) >= 11 is 1.39. The number of hydrogen-bond donors (Lipinski definition) is 1. The van der Waals surface area contributed by atoms with Gasteiger partial charge in [0.2, 0.25) is 5.78 Å². The number of ether oxygens (including phenoxy) is 1. The standard InChI is InChI=1S/C26H25N3O2S/c30-25(26-28-15-16-32-26)24-10-9-23(29(24)18-19-11-13-27-14-12-19)20-5-4-8-22(17-20)31-21-6-2-1-3-7-21/h1-10,15-17,19,27H,11-14,18H2. The summed E-state index contributed by atoms with van der Waals surface area (Å²) in [6, 6.07) is 21.8. The normalized spacial score (nSPS) is 14.4. The van der Waals surface area contributed by atoms with Gasteiger partial charge in [0.05, 0.1) is 5.69 Å². The van der Waals surface area contributed by atoms with Crippen molar-refractivity contribution >= 4 is 17.1 Å². The van der Waals surface area contributed by atoms with Crippen LogP contribution in [0.1, 0.15) is 28.3 Å². The minimum atomic E-state index is -0.0168. The van der Waals surface area contributed by atoms with Crippen LogP contribution in [0.15, 0.2) is 78.3 Å². The molecule has 0 radical (unpaired) electrons. The van der Waals surface area contributed by atoms with Gasteiger partial charge in [0.25, 0.3) is 0 Å². The fourth-order valence-corrected chi connectivity index (χ4v) is 4.81. The first-order chi connectivity index (χ1) is 15.8. The number of hydrogen-bond acceptors (Lipinski definition) is 5. The monoisotopic (exact) mass is 443 g/mol. The maximum atomic E-state index is 13.2. The highest BCUT2D eigenvalue weighted by atomic mass is 32.1. The van der Waals surface area contributed by atoms with Crippen LogP contribution in [0.25, 0.3) is 11.3 Å². The van der Waals surface area contributed by atoms with Gasteiger partial charge in [-0.15, -0.1) is 11.3 Å². The number of carbonyl (C=O) groups excluding carboxylic acids is 1. The minimum Gasteiger partial charge on any atom is -0.457 e. The molecule has 0 spiro atoms. The van der Waals surface area contributed by atoms with E-state index >= 15 is 0 Å². The Balaban J connectivity index is 1.50. The number of carbonyl (C=O) groups is 1. The second kappa shape index (κ2) is 9.51. The molecule has 0 saturated carbocycles. The lowest BCUT2D eigenvalue weighted by molar-refractivity contribution is 0.102. The zero-order valence-electron chi connectivity index (χ0n) is 17.7. The molecule has 1 fully saturated rings. The SMILES string of the molecule is O=C(c1nccs1)c1ccc(-c2cccc(Oc3ccccc3)c2)n1CC1CCNCC1. The summed E-state index contributed by atoms with van der Waals surface area (Å²) in [5.41, 5.74) is 2.76. The Morgan fingerprint density at radius 2 is 1.84 bits per heavy atom. The van der Waals surface area contributed by atoms with Crippen LogP contribution in [0.5, 0.6) is 11.5 Å². The second-order valence-corrected chi connectivity index (χ2v) is 8.91. The quantitative estimate of drug-likeness (QED) is 0.376. The molecule has 2 aromatic heterocycles. The smallest absolute Gasteiger partial charge is 0.237 e. The van der Waals surface area contributed by atoms with Gasteiger partial charge in [-0.25, -0.2) is 4.98 Å². The molecule has 32 heavy (non-hydrogen) atoms. The molecule has 3 heterocycles. The van der Waals surface area contributed by atoms with Crippen LogP contribution in [0.2, 0.25) is 0 Å². The van der Waals surface area contributed by atoms with Crippen LogP contribution >= 0.6 is 11.3 Å². The predicted molar refractivity (Wildman–Crippen MR) is 128 cm³/mol. The van der Waals surface area contributed by atoms with E-state index < -0.39 is 0 Å². The molecule has 162 valence electrons. The summed E-state index contributed by atoms with van der Waals surface area (Å²) in [7, 11) is 0.